The fourth-order valence-electron chi connectivity index (χ4n) is 0.964. The van der Waals surface area contributed by atoms with Gasteiger partial charge in [0.1, 0.15) is 4.90 Å². The lowest BCUT2D eigenvalue weighted by molar-refractivity contribution is -0.389. The number of pyridine rings is 1. The van der Waals surface area contributed by atoms with Gasteiger partial charge in [0.2, 0.25) is 0 Å². The Hall–Kier alpha value is -1.21. The monoisotopic (exact) mass is 264 g/mol. The molecule has 0 radical (unpaired) electrons. The number of nitrogens with zero attached hydrogens (tertiary/aromatic N) is 2. The van der Waals surface area contributed by atoms with Crippen LogP contribution in [0.2, 0.25) is 0 Å². The molecular formula is C8H9ClN2O4S. The first kappa shape index (κ1) is 12.9. The Balaban J connectivity index is 3.12. The number of sulfone groups is 1. The summed E-state index contributed by atoms with van der Waals surface area (Å²) in [5, 5.41) is 9.57. The molecule has 0 spiro atoms. The number of nitro groups is 1. The van der Waals surface area contributed by atoms with E-state index < -0.39 is 25.8 Å². The van der Waals surface area contributed by atoms with Crippen LogP contribution in [0.4, 0.5) is 5.82 Å². The molecule has 0 aliphatic heterocycles. The van der Waals surface area contributed by atoms with Crippen LogP contribution in [0, 0.1) is 10.1 Å². The second-order valence-electron chi connectivity index (χ2n) is 3.12. The molecule has 0 amide bonds. The van der Waals surface area contributed by atoms with Gasteiger partial charge in [0.05, 0.1) is 5.25 Å². The summed E-state index contributed by atoms with van der Waals surface area (Å²) in [5.74, 6) is -0.434. The number of aromatic nitrogens is 1. The van der Waals surface area contributed by atoms with Crippen molar-refractivity contribution in [3.05, 3.63) is 28.4 Å². The smallest absolute Gasteiger partial charge is 0.358 e. The molecule has 1 aromatic rings. The highest BCUT2D eigenvalue weighted by Gasteiger charge is 2.24. The fourth-order valence-corrected chi connectivity index (χ4v) is 2.55. The van der Waals surface area contributed by atoms with Gasteiger partial charge in [-0.15, -0.1) is 11.6 Å². The van der Waals surface area contributed by atoms with Gasteiger partial charge in [-0.25, -0.2) is 8.42 Å². The van der Waals surface area contributed by atoms with Crippen LogP contribution < -0.4 is 0 Å². The molecule has 8 heteroatoms. The lowest BCUT2D eigenvalue weighted by Gasteiger charge is -2.07. The molecule has 1 aromatic heterocycles. The number of alkyl halides is 1. The molecule has 6 nitrogen and oxygen atoms in total. The number of hydrogen-bond acceptors (Lipinski definition) is 5. The number of rotatable bonds is 4. The molecule has 0 aromatic carbocycles. The van der Waals surface area contributed by atoms with Gasteiger partial charge in [-0.1, -0.05) is 0 Å². The van der Waals surface area contributed by atoms with Crippen molar-refractivity contribution in [2.75, 3.05) is 5.88 Å². The molecule has 0 aliphatic carbocycles. The normalized spacial score (nSPS) is 13.4. The Bertz CT molecular complexity index is 485. The Labute approximate surface area is 97.3 Å². The van der Waals surface area contributed by atoms with Gasteiger partial charge >= 0.3 is 5.82 Å². The van der Waals surface area contributed by atoms with Crippen molar-refractivity contribution in [1.82, 2.24) is 4.98 Å². The van der Waals surface area contributed by atoms with Gasteiger partial charge in [-0.05, 0) is 22.9 Å². The average molecular weight is 265 g/mol. The van der Waals surface area contributed by atoms with E-state index in [2.05, 4.69) is 4.98 Å². The lowest BCUT2D eigenvalue weighted by atomic mass is 10.5. The van der Waals surface area contributed by atoms with Crippen molar-refractivity contribution in [3.63, 3.8) is 0 Å². The first-order chi connectivity index (χ1) is 7.39. The van der Waals surface area contributed by atoms with Gasteiger partial charge in [0, 0.05) is 11.9 Å². The number of halogens is 1. The number of hydrogen-bond donors (Lipinski definition) is 0. The SMILES string of the molecule is CC(CCl)S(=O)(=O)c1ccc([N+](=O)[O-])nc1. The topological polar surface area (TPSA) is 90.2 Å². The predicted molar refractivity (Wildman–Crippen MR) is 58.3 cm³/mol. The third-order valence-electron chi connectivity index (χ3n) is 1.98. The standard InChI is InChI=1S/C8H9ClN2O4S/c1-6(4-9)16(14,15)7-2-3-8(10-5-7)11(12)13/h2-3,5-6H,4H2,1H3. The average Bonchev–Trinajstić information content (AvgIpc) is 2.28. The quantitative estimate of drug-likeness (QED) is 0.466. The van der Waals surface area contributed by atoms with Crippen molar-refractivity contribution in [3.8, 4) is 0 Å². The minimum Gasteiger partial charge on any atom is -0.358 e. The van der Waals surface area contributed by atoms with E-state index in [1.807, 2.05) is 0 Å². The summed E-state index contributed by atoms with van der Waals surface area (Å²) in [4.78, 5) is 13.0. The summed E-state index contributed by atoms with van der Waals surface area (Å²) in [6.07, 6.45) is 0.969. The van der Waals surface area contributed by atoms with Crippen molar-refractivity contribution in [2.24, 2.45) is 0 Å². The molecule has 0 bridgehead atoms. The third-order valence-corrected chi connectivity index (χ3v) is 4.75. The van der Waals surface area contributed by atoms with Crippen molar-refractivity contribution in [1.29, 1.82) is 0 Å². The maximum Gasteiger partial charge on any atom is 0.363 e. The first-order valence-electron chi connectivity index (χ1n) is 4.30. The van der Waals surface area contributed by atoms with Gasteiger partial charge in [0.25, 0.3) is 0 Å². The maximum absolute atomic E-state index is 11.8. The Morgan fingerprint density at radius 3 is 2.56 bits per heavy atom. The van der Waals surface area contributed by atoms with E-state index in [4.69, 9.17) is 11.6 Å². The molecule has 0 saturated carbocycles. The molecule has 0 N–H and O–H groups in total. The Morgan fingerprint density at radius 1 is 1.56 bits per heavy atom. The molecule has 1 unspecified atom stereocenters. The van der Waals surface area contributed by atoms with Crippen LogP contribution in [0.1, 0.15) is 6.92 Å². The first-order valence-corrected chi connectivity index (χ1v) is 6.38. The van der Waals surface area contributed by atoms with E-state index in [0.29, 0.717) is 0 Å². The zero-order chi connectivity index (χ0) is 12.3. The van der Waals surface area contributed by atoms with E-state index >= 15 is 0 Å². The minimum atomic E-state index is -3.55. The van der Waals surface area contributed by atoms with Crippen molar-refractivity contribution < 1.29 is 13.3 Å². The van der Waals surface area contributed by atoms with Crippen molar-refractivity contribution >= 4 is 27.3 Å². The van der Waals surface area contributed by atoms with E-state index in [-0.39, 0.29) is 10.8 Å². The highest BCUT2D eigenvalue weighted by atomic mass is 35.5. The Kier molecular flexibility index (Phi) is 3.82. The third kappa shape index (κ3) is 2.48. The maximum atomic E-state index is 11.8. The zero-order valence-corrected chi connectivity index (χ0v) is 9.90. The fraction of sp³-hybridized carbons (Fsp3) is 0.375. The molecule has 88 valence electrons. The second-order valence-corrected chi connectivity index (χ2v) is 5.79. The molecule has 1 atom stereocenters. The summed E-state index contributed by atoms with van der Waals surface area (Å²) in [5.41, 5.74) is 0. The molecule has 1 heterocycles. The van der Waals surface area contributed by atoms with E-state index in [1.54, 1.807) is 0 Å². The van der Waals surface area contributed by atoms with Crippen LogP contribution in [-0.4, -0.2) is 29.5 Å². The van der Waals surface area contributed by atoms with E-state index in [0.717, 1.165) is 18.3 Å². The minimum absolute atomic E-state index is 0.0423. The van der Waals surface area contributed by atoms with Gasteiger partial charge in [-0.3, -0.25) is 0 Å². The summed E-state index contributed by atoms with van der Waals surface area (Å²) in [7, 11) is -3.55. The van der Waals surface area contributed by atoms with Crippen LogP contribution in [-0.2, 0) is 9.84 Å². The molecule has 0 saturated heterocycles. The molecule has 0 fully saturated rings. The van der Waals surface area contributed by atoms with E-state index in [9.17, 15) is 18.5 Å². The van der Waals surface area contributed by atoms with Crippen LogP contribution in [0.3, 0.4) is 0 Å². The van der Waals surface area contributed by atoms with Crippen LogP contribution in [0.5, 0.6) is 0 Å². The van der Waals surface area contributed by atoms with E-state index in [1.165, 1.54) is 6.92 Å². The second kappa shape index (κ2) is 4.75. The lowest BCUT2D eigenvalue weighted by Crippen LogP contribution is -2.19. The summed E-state index contributed by atoms with van der Waals surface area (Å²) < 4.78 is 23.5. The molecule has 16 heavy (non-hydrogen) atoms. The highest BCUT2D eigenvalue weighted by Crippen LogP contribution is 2.18. The predicted octanol–water partition coefficient (Wildman–Crippen LogP) is 1.39. The summed E-state index contributed by atoms with van der Waals surface area (Å²) in [6.45, 7) is 1.46. The van der Waals surface area contributed by atoms with Crippen LogP contribution >= 0.6 is 11.6 Å². The molecule has 0 aliphatic rings. The van der Waals surface area contributed by atoms with Crippen molar-refractivity contribution in [2.45, 2.75) is 17.1 Å². The zero-order valence-electron chi connectivity index (χ0n) is 8.33. The van der Waals surface area contributed by atoms with Crippen LogP contribution in [0.15, 0.2) is 23.2 Å². The van der Waals surface area contributed by atoms with Gasteiger partial charge in [-0.2, -0.15) is 0 Å². The Morgan fingerprint density at radius 2 is 2.19 bits per heavy atom. The summed E-state index contributed by atoms with van der Waals surface area (Å²) in [6, 6.07) is 2.21. The molecular weight excluding hydrogens is 256 g/mol. The van der Waals surface area contributed by atoms with Gasteiger partial charge in [0.15, 0.2) is 16.0 Å². The highest BCUT2D eigenvalue weighted by molar-refractivity contribution is 7.92. The molecule has 1 rings (SSSR count). The van der Waals surface area contributed by atoms with Crippen LogP contribution in [0.25, 0.3) is 0 Å². The summed E-state index contributed by atoms with van der Waals surface area (Å²) >= 11 is 5.46. The largest absolute Gasteiger partial charge is 0.363 e. The van der Waals surface area contributed by atoms with Gasteiger partial charge < -0.3 is 10.1 Å².